The number of Topliss-reactive ketones (excluding diaryl/α,β-unsaturated/α-hetero) is 2. The van der Waals surface area contributed by atoms with Gasteiger partial charge in [0.05, 0.1) is 11.5 Å². The Bertz CT molecular complexity index is 638. The van der Waals surface area contributed by atoms with E-state index in [-0.39, 0.29) is 23.5 Å². The van der Waals surface area contributed by atoms with Crippen LogP contribution in [0.1, 0.15) is 55.5 Å². The number of rotatable bonds is 3. The van der Waals surface area contributed by atoms with Gasteiger partial charge in [-0.15, -0.1) is 0 Å². The minimum absolute atomic E-state index is 0.0277. The average Bonchev–Trinajstić information content (AvgIpc) is 2.79. The fourth-order valence-electron chi connectivity index (χ4n) is 3.64. The van der Waals surface area contributed by atoms with E-state index >= 15 is 0 Å². The van der Waals surface area contributed by atoms with Crippen LogP contribution in [-0.2, 0) is 19.9 Å². The molecule has 1 spiro atoms. The first-order valence-electron chi connectivity index (χ1n) is 7.81. The Kier molecular flexibility index (Phi) is 3.63. The van der Waals surface area contributed by atoms with Gasteiger partial charge in [0, 0.05) is 11.5 Å². The zero-order valence-corrected chi connectivity index (χ0v) is 12.9. The van der Waals surface area contributed by atoms with E-state index in [9.17, 15) is 14.4 Å². The third-order valence-corrected chi connectivity index (χ3v) is 5.16. The van der Waals surface area contributed by atoms with Gasteiger partial charge in [-0.3, -0.25) is 9.59 Å². The number of hydrogen-bond acceptors (Lipinski definition) is 4. The Morgan fingerprint density at radius 1 is 1.23 bits per heavy atom. The first-order chi connectivity index (χ1) is 10.4. The minimum atomic E-state index is -0.566. The SMILES string of the molecule is CC(=O)C(C)C(=O)C1CCC2(CC1)OC(=O)c1ccccc12. The summed E-state index contributed by atoms with van der Waals surface area (Å²) in [6, 6.07) is 7.49. The van der Waals surface area contributed by atoms with Gasteiger partial charge in [-0.2, -0.15) is 0 Å². The highest BCUT2D eigenvalue weighted by Gasteiger charge is 2.48. The zero-order valence-electron chi connectivity index (χ0n) is 12.9. The summed E-state index contributed by atoms with van der Waals surface area (Å²) >= 11 is 0. The molecule has 1 fully saturated rings. The van der Waals surface area contributed by atoms with Crippen molar-refractivity contribution in [1.82, 2.24) is 0 Å². The van der Waals surface area contributed by atoms with Crippen molar-refractivity contribution in [1.29, 1.82) is 0 Å². The highest BCUT2D eigenvalue weighted by atomic mass is 16.6. The number of hydrogen-bond donors (Lipinski definition) is 0. The lowest BCUT2D eigenvalue weighted by atomic mass is 9.72. The fraction of sp³-hybridized carbons (Fsp3) is 0.500. The Labute approximate surface area is 129 Å². The summed E-state index contributed by atoms with van der Waals surface area (Å²) < 4.78 is 5.68. The molecular formula is C18H20O4. The van der Waals surface area contributed by atoms with Gasteiger partial charge >= 0.3 is 5.97 Å². The lowest BCUT2D eigenvalue weighted by molar-refractivity contribution is -0.135. The number of ether oxygens (including phenoxy) is 1. The first-order valence-corrected chi connectivity index (χ1v) is 7.81. The molecule has 1 unspecified atom stereocenters. The van der Waals surface area contributed by atoms with Crippen molar-refractivity contribution in [3.05, 3.63) is 35.4 Å². The number of esters is 1. The van der Waals surface area contributed by atoms with E-state index in [1.54, 1.807) is 13.0 Å². The first kappa shape index (κ1) is 14.9. The number of ketones is 2. The molecule has 0 bridgehead atoms. The van der Waals surface area contributed by atoms with Crippen LogP contribution < -0.4 is 0 Å². The summed E-state index contributed by atoms with van der Waals surface area (Å²) in [6.07, 6.45) is 2.63. The Morgan fingerprint density at radius 2 is 1.86 bits per heavy atom. The van der Waals surface area contributed by atoms with Gasteiger partial charge in [0.15, 0.2) is 0 Å². The Balaban J connectivity index is 1.77. The number of carbonyl (C=O) groups is 3. The summed E-state index contributed by atoms with van der Waals surface area (Å²) in [5, 5.41) is 0. The topological polar surface area (TPSA) is 60.4 Å². The molecule has 1 heterocycles. The van der Waals surface area contributed by atoms with E-state index in [1.807, 2.05) is 18.2 Å². The standard InChI is InChI=1S/C18H20O4/c1-11(12(2)19)16(20)13-7-9-18(10-8-13)15-6-4-3-5-14(15)17(21)22-18/h3-6,11,13H,7-10H2,1-2H3. The van der Waals surface area contributed by atoms with Gasteiger partial charge in [-0.25, -0.2) is 4.79 Å². The van der Waals surface area contributed by atoms with Crippen LogP contribution in [0.25, 0.3) is 0 Å². The highest BCUT2D eigenvalue weighted by molar-refractivity contribution is 6.02. The van der Waals surface area contributed by atoms with Crippen LogP contribution in [0.3, 0.4) is 0 Å². The van der Waals surface area contributed by atoms with Crippen molar-refractivity contribution >= 4 is 17.5 Å². The smallest absolute Gasteiger partial charge is 0.339 e. The third kappa shape index (κ3) is 2.27. The summed E-state index contributed by atoms with van der Waals surface area (Å²) in [7, 11) is 0. The molecule has 1 atom stereocenters. The second-order valence-corrected chi connectivity index (χ2v) is 6.44. The van der Waals surface area contributed by atoms with E-state index in [0.717, 1.165) is 5.56 Å². The van der Waals surface area contributed by atoms with Crippen LogP contribution in [-0.4, -0.2) is 17.5 Å². The van der Waals surface area contributed by atoms with Crippen molar-refractivity contribution in [2.45, 2.75) is 45.1 Å². The lowest BCUT2D eigenvalue weighted by Gasteiger charge is -2.36. The molecule has 1 aromatic rings. The molecule has 0 radical (unpaired) electrons. The Morgan fingerprint density at radius 3 is 2.50 bits per heavy atom. The molecule has 0 N–H and O–H groups in total. The molecule has 22 heavy (non-hydrogen) atoms. The maximum atomic E-state index is 12.3. The normalized spacial score (nSPS) is 28.1. The van der Waals surface area contributed by atoms with Crippen molar-refractivity contribution in [2.24, 2.45) is 11.8 Å². The molecular weight excluding hydrogens is 280 g/mol. The van der Waals surface area contributed by atoms with E-state index in [2.05, 4.69) is 0 Å². The van der Waals surface area contributed by atoms with Crippen LogP contribution in [0.4, 0.5) is 0 Å². The molecule has 0 amide bonds. The summed E-state index contributed by atoms with van der Waals surface area (Å²) in [4.78, 5) is 35.7. The van der Waals surface area contributed by atoms with Gasteiger partial charge in [-0.05, 0) is 45.6 Å². The van der Waals surface area contributed by atoms with E-state index < -0.39 is 11.5 Å². The second-order valence-electron chi connectivity index (χ2n) is 6.44. The van der Waals surface area contributed by atoms with E-state index in [1.165, 1.54) is 6.92 Å². The van der Waals surface area contributed by atoms with Crippen LogP contribution in [0.15, 0.2) is 24.3 Å². The fourth-order valence-corrected chi connectivity index (χ4v) is 3.64. The van der Waals surface area contributed by atoms with Gasteiger partial charge in [0.1, 0.15) is 17.2 Å². The largest absolute Gasteiger partial charge is 0.451 e. The second kappa shape index (κ2) is 5.34. The maximum Gasteiger partial charge on any atom is 0.339 e. The van der Waals surface area contributed by atoms with Crippen molar-refractivity contribution in [3.8, 4) is 0 Å². The van der Waals surface area contributed by atoms with Crippen molar-refractivity contribution in [3.63, 3.8) is 0 Å². The van der Waals surface area contributed by atoms with Crippen LogP contribution >= 0.6 is 0 Å². The quantitative estimate of drug-likeness (QED) is 0.636. The van der Waals surface area contributed by atoms with Crippen LogP contribution in [0.5, 0.6) is 0 Å². The average molecular weight is 300 g/mol. The summed E-state index contributed by atoms with van der Waals surface area (Å²) in [5.41, 5.74) is 1.03. The van der Waals surface area contributed by atoms with Gasteiger partial charge in [0.25, 0.3) is 0 Å². The molecule has 3 rings (SSSR count). The summed E-state index contributed by atoms with van der Waals surface area (Å²) in [5.74, 6) is -0.950. The molecule has 0 aromatic heterocycles. The van der Waals surface area contributed by atoms with Crippen LogP contribution in [0, 0.1) is 11.8 Å². The molecule has 1 aliphatic heterocycles. The minimum Gasteiger partial charge on any atom is -0.451 e. The maximum absolute atomic E-state index is 12.3. The predicted octanol–water partition coefficient (Wildman–Crippen LogP) is 3.04. The molecule has 1 aliphatic carbocycles. The molecule has 0 saturated heterocycles. The van der Waals surface area contributed by atoms with E-state index in [0.29, 0.717) is 31.2 Å². The molecule has 116 valence electrons. The van der Waals surface area contributed by atoms with E-state index in [4.69, 9.17) is 4.74 Å². The molecule has 4 heteroatoms. The third-order valence-electron chi connectivity index (χ3n) is 5.16. The van der Waals surface area contributed by atoms with Gasteiger partial charge in [-0.1, -0.05) is 18.2 Å². The monoisotopic (exact) mass is 300 g/mol. The van der Waals surface area contributed by atoms with Crippen molar-refractivity contribution in [2.75, 3.05) is 0 Å². The molecule has 1 aromatic carbocycles. The molecule has 4 nitrogen and oxygen atoms in total. The molecule has 2 aliphatic rings. The number of carbonyl (C=O) groups excluding carboxylic acids is 3. The summed E-state index contributed by atoms with van der Waals surface area (Å²) in [6.45, 7) is 3.14. The van der Waals surface area contributed by atoms with Gasteiger partial charge in [0.2, 0.25) is 0 Å². The van der Waals surface area contributed by atoms with Gasteiger partial charge < -0.3 is 4.74 Å². The lowest BCUT2D eigenvalue weighted by Crippen LogP contribution is -2.36. The zero-order chi connectivity index (χ0) is 15.9. The molecule has 1 saturated carbocycles. The predicted molar refractivity (Wildman–Crippen MR) is 80.3 cm³/mol. The van der Waals surface area contributed by atoms with Crippen molar-refractivity contribution < 1.29 is 19.1 Å². The van der Waals surface area contributed by atoms with Crippen LogP contribution in [0.2, 0.25) is 0 Å². The number of benzene rings is 1. The number of fused-ring (bicyclic) bond motifs is 2. The Hall–Kier alpha value is -1.97. The highest BCUT2D eigenvalue weighted by Crippen LogP contribution is 2.48.